The highest BCUT2D eigenvalue weighted by atomic mass is 19.1. The van der Waals surface area contributed by atoms with E-state index in [1.165, 1.54) is 20.5 Å². The van der Waals surface area contributed by atoms with E-state index in [2.05, 4.69) is 25.3 Å². The molecule has 3 heterocycles. The van der Waals surface area contributed by atoms with Crippen molar-refractivity contribution in [3.8, 4) is 23.0 Å². The first-order valence-electron chi connectivity index (χ1n) is 8.40. The molecule has 0 aromatic carbocycles. The van der Waals surface area contributed by atoms with Gasteiger partial charge in [0.2, 0.25) is 17.7 Å². The van der Waals surface area contributed by atoms with Gasteiger partial charge in [-0.15, -0.1) is 0 Å². The number of hydrogen-bond acceptors (Lipinski definition) is 6. The Labute approximate surface area is 154 Å². The molecule has 8 nitrogen and oxygen atoms in total. The molecule has 0 unspecified atom stereocenters. The summed E-state index contributed by atoms with van der Waals surface area (Å²) < 4.78 is 23.8. The summed E-state index contributed by atoms with van der Waals surface area (Å²) in [5.74, 6) is 0.195. The molecule has 3 aromatic rings. The van der Waals surface area contributed by atoms with Gasteiger partial charge in [-0.1, -0.05) is 0 Å². The molecule has 0 saturated heterocycles. The van der Waals surface area contributed by atoms with Gasteiger partial charge in [0, 0.05) is 17.6 Å². The number of carbonyl (C=O) groups is 1. The fraction of sp³-hybridized carbons (Fsp3) is 0.333. The first-order valence-corrected chi connectivity index (χ1v) is 8.40. The lowest BCUT2D eigenvalue weighted by molar-refractivity contribution is -0.117. The average Bonchev–Trinajstić information content (AvgIpc) is 3.33. The number of pyridine rings is 1. The third kappa shape index (κ3) is 2.94. The molecule has 0 aliphatic heterocycles. The van der Waals surface area contributed by atoms with Gasteiger partial charge >= 0.3 is 0 Å². The van der Waals surface area contributed by atoms with Crippen LogP contribution in [0.1, 0.15) is 12.0 Å². The van der Waals surface area contributed by atoms with Crippen molar-refractivity contribution in [2.24, 2.45) is 5.92 Å². The van der Waals surface area contributed by atoms with Crippen LogP contribution >= 0.6 is 0 Å². The number of anilines is 1. The summed E-state index contributed by atoms with van der Waals surface area (Å²) in [6, 6.07) is 1.71. The van der Waals surface area contributed by atoms with Crippen molar-refractivity contribution in [3.05, 3.63) is 24.2 Å². The highest BCUT2D eigenvalue weighted by Gasteiger charge is 2.43. The number of H-pyrrole nitrogens is 1. The van der Waals surface area contributed by atoms with Crippen LogP contribution in [-0.4, -0.2) is 46.2 Å². The number of ether oxygens (including phenoxy) is 2. The van der Waals surface area contributed by atoms with Gasteiger partial charge in [-0.25, -0.2) is 19.3 Å². The molecule has 0 spiro atoms. The van der Waals surface area contributed by atoms with Gasteiger partial charge in [-0.3, -0.25) is 4.79 Å². The van der Waals surface area contributed by atoms with Crippen LogP contribution in [0, 0.1) is 12.8 Å². The number of nitrogens with zero attached hydrogens (tertiary/aromatic N) is 3. The maximum atomic E-state index is 13.0. The molecule has 4 rings (SSSR count). The summed E-state index contributed by atoms with van der Waals surface area (Å²) in [5, 5.41) is 3.52. The molecule has 1 aliphatic rings. The second kappa shape index (κ2) is 6.49. The van der Waals surface area contributed by atoms with Crippen molar-refractivity contribution in [2.45, 2.75) is 19.5 Å². The van der Waals surface area contributed by atoms with Crippen LogP contribution in [0.25, 0.3) is 22.2 Å². The summed E-state index contributed by atoms with van der Waals surface area (Å²) in [5.41, 5.74) is 3.00. The minimum Gasteiger partial charge on any atom is -0.480 e. The Morgan fingerprint density at radius 2 is 1.93 bits per heavy atom. The monoisotopic (exact) mass is 371 g/mol. The van der Waals surface area contributed by atoms with Crippen molar-refractivity contribution in [1.82, 2.24) is 19.9 Å². The first-order chi connectivity index (χ1) is 13.0. The average molecular weight is 371 g/mol. The predicted octanol–water partition coefficient (Wildman–Crippen LogP) is 2.64. The van der Waals surface area contributed by atoms with Gasteiger partial charge in [-0.05, 0) is 18.9 Å². The number of aryl methyl sites for hydroxylation is 1. The van der Waals surface area contributed by atoms with Gasteiger partial charge in [0.1, 0.15) is 23.9 Å². The number of carbonyl (C=O) groups excluding carboxylic acids is 1. The molecule has 27 heavy (non-hydrogen) atoms. The number of hydrogen-bond donors (Lipinski definition) is 2. The number of amides is 1. The number of fused-ring (bicyclic) bond motifs is 1. The molecule has 1 saturated carbocycles. The number of halogens is 1. The van der Waals surface area contributed by atoms with Crippen molar-refractivity contribution in [1.29, 1.82) is 0 Å². The number of nitrogens with one attached hydrogen (secondary N) is 2. The maximum Gasteiger partial charge on any atom is 0.231 e. The second-order valence-electron chi connectivity index (χ2n) is 6.35. The van der Waals surface area contributed by atoms with E-state index in [9.17, 15) is 9.18 Å². The molecule has 1 aliphatic carbocycles. The van der Waals surface area contributed by atoms with Gasteiger partial charge in [-0.2, -0.15) is 0 Å². The lowest BCUT2D eigenvalue weighted by Crippen LogP contribution is -2.15. The first kappa shape index (κ1) is 17.2. The lowest BCUT2D eigenvalue weighted by Gasteiger charge is -2.10. The van der Waals surface area contributed by atoms with E-state index < -0.39 is 12.1 Å². The Morgan fingerprint density at radius 3 is 2.52 bits per heavy atom. The smallest absolute Gasteiger partial charge is 0.231 e. The molecule has 1 fully saturated rings. The molecule has 1 amide bonds. The number of rotatable bonds is 5. The zero-order chi connectivity index (χ0) is 19.1. The quantitative estimate of drug-likeness (QED) is 0.715. The Hall–Kier alpha value is -3.23. The predicted molar refractivity (Wildman–Crippen MR) is 96.6 cm³/mol. The molecule has 2 N–H and O–H groups in total. The Kier molecular flexibility index (Phi) is 4.14. The number of methoxy groups -OCH3 is 2. The molecule has 2 atom stereocenters. The zero-order valence-electron chi connectivity index (χ0n) is 15.0. The van der Waals surface area contributed by atoms with Crippen LogP contribution in [0.15, 0.2) is 18.6 Å². The summed E-state index contributed by atoms with van der Waals surface area (Å²) in [6.07, 6.45) is 2.24. The summed E-state index contributed by atoms with van der Waals surface area (Å²) in [6.45, 7) is 1.93. The van der Waals surface area contributed by atoms with E-state index in [1.807, 2.05) is 6.92 Å². The summed E-state index contributed by atoms with van der Waals surface area (Å²) in [7, 11) is 3.04. The maximum absolute atomic E-state index is 13.0. The van der Waals surface area contributed by atoms with E-state index >= 15 is 0 Å². The molecule has 0 radical (unpaired) electrons. The molecular formula is C18H18FN5O3. The van der Waals surface area contributed by atoms with E-state index in [4.69, 9.17) is 9.47 Å². The number of aromatic amines is 1. The fourth-order valence-corrected chi connectivity index (χ4v) is 3.07. The van der Waals surface area contributed by atoms with E-state index in [-0.39, 0.29) is 12.3 Å². The minimum absolute atomic E-state index is 0.271. The molecule has 9 heteroatoms. The van der Waals surface area contributed by atoms with Crippen molar-refractivity contribution < 1.29 is 18.7 Å². The Bertz CT molecular complexity index is 1010. The Morgan fingerprint density at radius 1 is 1.26 bits per heavy atom. The van der Waals surface area contributed by atoms with Crippen LogP contribution in [0.5, 0.6) is 11.8 Å². The number of alkyl halides is 1. The Balaban J connectivity index is 1.75. The van der Waals surface area contributed by atoms with E-state index in [0.717, 1.165) is 22.2 Å². The van der Waals surface area contributed by atoms with Crippen LogP contribution in [-0.2, 0) is 4.79 Å². The highest BCUT2D eigenvalue weighted by molar-refractivity contribution is 5.97. The van der Waals surface area contributed by atoms with Crippen molar-refractivity contribution in [3.63, 3.8) is 0 Å². The normalized spacial score (nSPS) is 18.4. The topological polar surface area (TPSA) is 102 Å². The van der Waals surface area contributed by atoms with Gasteiger partial charge in [0.05, 0.1) is 31.3 Å². The van der Waals surface area contributed by atoms with Gasteiger partial charge < -0.3 is 19.8 Å². The molecular weight excluding hydrogens is 353 g/mol. The summed E-state index contributed by atoms with van der Waals surface area (Å²) in [4.78, 5) is 27.8. The third-order valence-electron chi connectivity index (χ3n) is 4.66. The minimum atomic E-state index is -1.05. The van der Waals surface area contributed by atoms with Crippen LogP contribution in [0.3, 0.4) is 0 Å². The lowest BCUT2D eigenvalue weighted by atomic mass is 10.1. The van der Waals surface area contributed by atoms with Crippen LogP contribution in [0.2, 0.25) is 0 Å². The van der Waals surface area contributed by atoms with E-state index in [0.29, 0.717) is 23.1 Å². The fourth-order valence-electron chi connectivity index (χ4n) is 3.07. The van der Waals surface area contributed by atoms with Crippen LogP contribution < -0.4 is 14.8 Å². The summed E-state index contributed by atoms with van der Waals surface area (Å²) >= 11 is 0. The molecule has 0 bridgehead atoms. The third-order valence-corrected chi connectivity index (χ3v) is 4.66. The standard InChI is InChI=1S/C18H18FN5O3/c1-8-10-6-20-13(24-16(25)9-4-11(9)19)5-12(10)23-15(8)14-17(26-2)21-7-22-18(14)27-3/h5-7,9,11,23H,4H2,1-3H3,(H,20,24,25)/t9-,11+/m1/s1. The second-order valence-corrected chi connectivity index (χ2v) is 6.35. The highest BCUT2D eigenvalue weighted by Crippen LogP contribution is 2.39. The van der Waals surface area contributed by atoms with Gasteiger partial charge in [0.25, 0.3) is 0 Å². The largest absolute Gasteiger partial charge is 0.480 e. The zero-order valence-corrected chi connectivity index (χ0v) is 15.0. The molecule has 140 valence electrons. The van der Waals surface area contributed by atoms with Crippen LogP contribution in [0.4, 0.5) is 10.2 Å². The number of aromatic nitrogens is 4. The van der Waals surface area contributed by atoms with E-state index in [1.54, 1.807) is 12.3 Å². The van der Waals surface area contributed by atoms with Gasteiger partial charge in [0.15, 0.2) is 0 Å². The molecule has 3 aromatic heterocycles. The van der Waals surface area contributed by atoms with Crippen molar-refractivity contribution >= 4 is 22.6 Å². The van der Waals surface area contributed by atoms with Crippen molar-refractivity contribution in [2.75, 3.05) is 19.5 Å². The SMILES string of the molecule is COc1ncnc(OC)c1-c1[nH]c2cc(NC(=O)[C@@H]3C[C@@H]3F)ncc2c1C.